The van der Waals surface area contributed by atoms with E-state index in [0.29, 0.717) is 5.01 Å². The summed E-state index contributed by atoms with van der Waals surface area (Å²) >= 11 is 0. The van der Waals surface area contributed by atoms with Crippen LogP contribution in [-0.2, 0) is 9.47 Å². The Labute approximate surface area is 139 Å². The van der Waals surface area contributed by atoms with Crippen LogP contribution >= 0.6 is 0 Å². The van der Waals surface area contributed by atoms with Crippen molar-refractivity contribution in [3.63, 3.8) is 0 Å². The average Bonchev–Trinajstić information content (AvgIpc) is 2.27. The monoisotopic (exact) mass is 354 g/mol. The molecule has 0 fully saturated rings. The van der Waals surface area contributed by atoms with Crippen LogP contribution in [0.5, 0.6) is 0 Å². The number of alkyl halides is 3. The first kappa shape index (κ1) is 22.1. The van der Waals surface area contributed by atoms with Crippen LogP contribution in [0, 0.1) is 0 Å². The molecule has 0 spiro atoms. The Kier molecular flexibility index (Phi) is 7.14. The van der Waals surface area contributed by atoms with Crippen LogP contribution in [0.1, 0.15) is 48.0 Å². The third kappa shape index (κ3) is 9.96. The number of rotatable bonds is 3. The predicted octanol–water partition coefficient (Wildman–Crippen LogP) is 4.17. The second-order valence-electron chi connectivity index (χ2n) is 7.09. The molecule has 0 saturated carbocycles. The fraction of sp³-hybridized carbons (Fsp3) is 0.733. The number of hydrogen-bond acceptors (Lipinski definition) is 4. The molecule has 0 aliphatic heterocycles. The van der Waals surface area contributed by atoms with Gasteiger partial charge in [0.25, 0.3) is 0 Å². The molecule has 1 N–H and O–H groups in total. The van der Waals surface area contributed by atoms with E-state index in [1.165, 1.54) is 0 Å². The van der Waals surface area contributed by atoms with Gasteiger partial charge in [0.1, 0.15) is 11.2 Å². The molecule has 0 aromatic heterocycles. The van der Waals surface area contributed by atoms with E-state index >= 15 is 0 Å². The lowest BCUT2D eigenvalue weighted by Gasteiger charge is -2.33. The molecule has 2 amide bonds. The third-order valence-corrected chi connectivity index (χ3v) is 2.25. The van der Waals surface area contributed by atoms with Gasteiger partial charge in [-0.3, -0.25) is 0 Å². The minimum absolute atomic E-state index is 0.430. The van der Waals surface area contributed by atoms with Gasteiger partial charge in [-0.05, 0) is 41.5 Å². The average molecular weight is 354 g/mol. The zero-order valence-corrected chi connectivity index (χ0v) is 14.8. The molecule has 6 nitrogen and oxygen atoms in total. The molecule has 140 valence electrons. The number of nitrogens with zero attached hydrogens (tertiary/aromatic N) is 1. The Balaban J connectivity index is 5.38. The maximum atomic E-state index is 12.7. The lowest BCUT2D eigenvalue weighted by atomic mass is 10.2. The van der Waals surface area contributed by atoms with Gasteiger partial charge in [0, 0.05) is 0 Å². The van der Waals surface area contributed by atoms with Crippen LogP contribution in [0.25, 0.3) is 0 Å². The largest absolute Gasteiger partial charge is 0.443 e. The van der Waals surface area contributed by atoms with Gasteiger partial charge in [-0.25, -0.2) is 20.0 Å². The van der Waals surface area contributed by atoms with Gasteiger partial charge in [0.05, 0.1) is 12.5 Å². The van der Waals surface area contributed by atoms with Crippen molar-refractivity contribution in [2.45, 2.75) is 71.4 Å². The van der Waals surface area contributed by atoms with E-state index in [9.17, 15) is 22.8 Å². The van der Waals surface area contributed by atoms with Crippen molar-refractivity contribution in [1.82, 2.24) is 10.4 Å². The van der Waals surface area contributed by atoms with E-state index < -0.39 is 42.0 Å². The summed E-state index contributed by atoms with van der Waals surface area (Å²) < 4.78 is 48.1. The van der Waals surface area contributed by atoms with Crippen molar-refractivity contribution in [2.24, 2.45) is 0 Å². The summed E-state index contributed by atoms with van der Waals surface area (Å²) in [5, 5.41) is 0.430. The van der Waals surface area contributed by atoms with Crippen LogP contribution in [0.4, 0.5) is 22.8 Å². The van der Waals surface area contributed by atoms with Crippen molar-refractivity contribution < 1.29 is 32.2 Å². The lowest BCUT2D eigenvalue weighted by Crippen LogP contribution is -2.54. The van der Waals surface area contributed by atoms with Crippen LogP contribution in [0.15, 0.2) is 12.7 Å². The zero-order valence-electron chi connectivity index (χ0n) is 14.8. The number of nitrogens with one attached hydrogen (secondary N) is 1. The van der Waals surface area contributed by atoms with Crippen molar-refractivity contribution in [2.75, 3.05) is 0 Å². The minimum atomic E-state index is -4.57. The molecule has 24 heavy (non-hydrogen) atoms. The fourth-order valence-corrected chi connectivity index (χ4v) is 1.49. The summed E-state index contributed by atoms with van der Waals surface area (Å²) in [6, 6.07) is -1.55. The molecule has 1 atom stereocenters. The smallest absolute Gasteiger partial charge is 0.429 e. The number of ether oxygens (including phenoxy) is 2. The Morgan fingerprint density at radius 2 is 1.54 bits per heavy atom. The van der Waals surface area contributed by atoms with Crippen molar-refractivity contribution >= 4 is 12.2 Å². The first-order valence-corrected chi connectivity index (χ1v) is 7.25. The highest BCUT2D eigenvalue weighted by atomic mass is 19.4. The van der Waals surface area contributed by atoms with Gasteiger partial charge < -0.3 is 9.47 Å². The maximum absolute atomic E-state index is 12.7. The standard InChI is InChI=1S/C15H25F3N2O4/c1-8-10(9-15(16,17)18)20(12(22)24-14(5,6)7)19-11(21)23-13(2,3)4/h8,10H,1,9H2,2-7H3,(H,19,21). The molecule has 0 aliphatic carbocycles. The normalized spacial score (nSPS) is 13.7. The fourth-order valence-electron chi connectivity index (χ4n) is 1.49. The minimum Gasteiger partial charge on any atom is -0.443 e. The highest BCUT2D eigenvalue weighted by molar-refractivity contribution is 5.75. The van der Waals surface area contributed by atoms with Crippen LogP contribution in [0.2, 0.25) is 0 Å². The summed E-state index contributed by atoms with van der Waals surface area (Å²) in [5.74, 6) is 0. The first-order chi connectivity index (χ1) is 10.5. The molecule has 0 aromatic carbocycles. The Hall–Kier alpha value is -1.93. The van der Waals surface area contributed by atoms with Gasteiger partial charge in [-0.1, -0.05) is 6.08 Å². The van der Waals surface area contributed by atoms with Gasteiger partial charge in [-0.15, -0.1) is 6.58 Å². The molecular formula is C15H25F3N2O4. The lowest BCUT2D eigenvalue weighted by molar-refractivity contribution is -0.145. The molecule has 9 heteroatoms. The highest BCUT2D eigenvalue weighted by Gasteiger charge is 2.38. The Morgan fingerprint density at radius 3 is 1.88 bits per heavy atom. The van der Waals surface area contributed by atoms with E-state index in [0.717, 1.165) is 6.08 Å². The molecule has 0 heterocycles. The van der Waals surface area contributed by atoms with Gasteiger partial charge in [0.15, 0.2) is 0 Å². The third-order valence-electron chi connectivity index (χ3n) is 2.25. The zero-order chi connectivity index (χ0) is 19.3. The molecule has 0 radical (unpaired) electrons. The number of halogens is 3. The number of hydrazine groups is 1. The van der Waals surface area contributed by atoms with Gasteiger partial charge >= 0.3 is 18.4 Å². The second-order valence-corrected chi connectivity index (χ2v) is 7.09. The number of amides is 2. The maximum Gasteiger partial charge on any atom is 0.429 e. The molecule has 0 aromatic rings. The summed E-state index contributed by atoms with van der Waals surface area (Å²) in [6.07, 6.45) is -7.31. The molecule has 1 unspecified atom stereocenters. The van der Waals surface area contributed by atoms with E-state index in [1.807, 2.05) is 5.43 Å². The SMILES string of the molecule is C=CC(CC(F)(F)F)N(NC(=O)OC(C)(C)C)C(=O)OC(C)(C)C. The Bertz CT molecular complexity index is 465. The van der Waals surface area contributed by atoms with Crippen LogP contribution in [0.3, 0.4) is 0 Å². The van der Waals surface area contributed by atoms with E-state index in [-0.39, 0.29) is 0 Å². The second kappa shape index (κ2) is 7.76. The highest BCUT2D eigenvalue weighted by Crippen LogP contribution is 2.25. The van der Waals surface area contributed by atoms with Crippen molar-refractivity contribution in [3.8, 4) is 0 Å². The Morgan fingerprint density at radius 1 is 1.08 bits per heavy atom. The molecule has 0 rings (SSSR count). The number of carbonyl (C=O) groups is 2. The molecule has 0 saturated heterocycles. The van der Waals surface area contributed by atoms with Crippen molar-refractivity contribution in [1.29, 1.82) is 0 Å². The van der Waals surface area contributed by atoms with Gasteiger partial charge in [0.2, 0.25) is 0 Å². The molecule has 0 bridgehead atoms. The summed E-state index contributed by atoms with van der Waals surface area (Å²) in [6.45, 7) is 12.6. The summed E-state index contributed by atoms with van der Waals surface area (Å²) in [7, 11) is 0. The molecular weight excluding hydrogens is 329 g/mol. The molecule has 0 aliphatic rings. The number of hydrogen-bond donors (Lipinski definition) is 1. The van der Waals surface area contributed by atoms with E-state index in [2.05, 4.69) is 6.58 Å². The predicted molar refractivity (Wildman–Crippen MR) is 82.1 cm³/mol. The van der Waals surface area contributed by atoms with Crippen molar-refractivity contribution in [3.05, 3.63) is 12.7 Å². The summed E-state index contributed by atoms with van der Waals surface area (Å²) in [5.41, 5.74) is 0.141. The van der Waals surface area contributed by atoms with Gasteiger partial charge in [-0.2, -0.15) is 13.2 Å². The van der Waals surface area contributed by atoms with E-state index in [4.69, 9.17) is 9.47 Å². The summed E-state index contributed by atoms with van der Waals surface area (Å²) in [4.78, 5) is 24.0. The van der Waals surface area contributed by atoms with Crippen LogP contribution in [-0.4, -0.2) is 40.6 Å². The first-order valence-electron chi connectivity index (χ1n) is 7.25. The topological polar surface area (TPSA) is 67.9 Å². The number of carbonyl (C=O) groups excluding carboxylic acids is 2. The quantitative estimate of drug-likeness (QED) is 0.610. The van der Waals surface area contributed by atoms with E-state index in [1.54, 1.807) is 41.5 Å². The van der Waals surface area contributed by atoms with Crippen LogP contribution < -0.4 is 5.43 Å².